The van der Waals surface area contributed by atoms with Gasteiger partial charge < -0.3 is 10.2 Å². The molecule has 1 saturated heterocycles. The van der Waals surface area contributed by atoms with Gasteiger partial charge in [-0.3, -0.25) is 9.78 Å². The lowest BCUT2D eigenvalue weighted by molar-refractivity contribution is -0.120. The van der Waals surface area contributed by atoms with Crippen LogP contribution < -0.4 is 10.2 Å². The van der Waals surface area contributed by atoms with Crippen LogP contribution in [0.25, 0.3) is 0 Å². The Morgan fingerprint density at radius 2 is 2.00 bits per heavy atom. The van der Waals surface area contributed by atoms with Crippen molar-refractivity contribution in [1.82, 2.24) is 15.0 Å². The molecule has 1 aliphatic rings. The number of piperidine rings is 1. The van der Waals surface area contributed by atoms with Crippen LogP contribution in [-0.2, 0) is 11.2 Å². The van der Waals surface area contributed by atoms with Gasteiger partial charge in [-0.1, -0.05) is 18.2 Å². The quantitative estimate of drug-likeness (QED) is 0.713. The lowest BCUT2D eigenvalue weighted by Crippen LogP contribution is -2.38. The van der Waals surface area contributed by atoms with Crippen molar-refractivity contribution in [2.24, 2.45) is 5.92 Å². The standard InChI is InChI=1S/C20H20FN5OS/c21-17-4-2-1-3-15(17)11-16-12-24-20(28-16)25-19(27)14-5-9-26(10-6-14)18-13-22-7-8-23-18/h1-4,7-8,12-14H,5-6,9-11H2,(H,24,25,27). The van der Waals surface area contributed by atoms with E-state index in [1.54, 1.807) is 36.9 Å². The second-order valence-corrected chi connectivity index (χ2v) is 7.83. The third-order valence-electron chi connectivity index (χ3n) is 4.85. The molecule has 0 unspecified atom stereocenters. The monoisotopic (exact) mass is 397 g/mol. The van der Waals surface area contributed by atoms with Gasteiger partial charge in [-0.2, -0.15) is 0 Å². The third-order valence-corrected chi connectivity index (χ3v) is 5.76. The van der Waals surface area contributed by atoms with E-state index in [0.717, 1.165) is 36.6 Å². The predicted octanol–water partition coefficient (Wildman–Crippen LogP) is 3.52. The van der Waals surface area contributed by atoms with Crippen LogP contribution in [-0.4, -0.2) is 33.9 Å². The summed E-state index contributed by atoms with van der Waals surface area (Å²) in [5, 5.41) is 3.48. The molecule has 1 N–H and O–H groups in total. The Balaban J connectivity index is 1.31. The molecular formula is C20H20FN5OS. The van der Waals surface area contributed by atoms with Crippen molar-refractivity contribution < 1.29 is 9.18 Å². The number of carbonyl (C=O) groups is 1. The van der Waals surface area contributed by atoms with Crippen LogP contribution in [0.4, 0.5) is 15.3 Å². The minimum atomic E-state index is -0.226. The van der Waals surface area contributed by atoms with E-state index in [9.17, 15) is 9.18 Å². The minimum Gasteiger partial charge on any atom is -0.355 e. The van der Waals surface area contributed by atoms with E-state index in [1.807, 2.05) is 6.07 Å². The molecular weight excluding hydrogens is 377 g/mol. The highest BCUT2D eigenvalue weighted by molar-refractivity contribution is 7.15. The number of hydrogen-bond donors (Lipinski definition) is 1. The maximum Gasteiger partial charge on any atom is 0.229 e. The Bertz CT molecular complexity index is 941. The summed E-state index contributed by atoms with van der Waals surface area (Å²) in [5.41, 5.74) is 0.625. The van der Waals surface area contributed by atoms with Gasteiger partial charge >= 0.3 is 0 Å². The Hall–Kier alpha value is -2.87. The average molecular weight is 397 g/mol. The summed E-state index contributed by atoms with van der Waals surface area (Å²) < 4.78 is 13.8. The van der Waals surface area contributed by atoms with Gasteiger partial charge in [-0.25, -0.2) is 14.4 Å². The van der Waals surface area contributed by atoms with Crippen LogP contribution in [0.5, 0.6) is 0 Å². The molecule has 3 aromatic rings. The summed E-state index contributed by atoms with van der Waals surface area (Å²) in [4.78, 5) is 28.3. The Labute approximate surface area is 166 Å². The Morgan fingerprint density at radius 1 is 1.18 bits per heavy atom. The molecule has 0 atom stereocenters. The number of nitrogens with one attached hydrogen (secondary N) is 1. The molecule has 1 fully saturated rings. The molecule has 8 heteroatoms. The first-order valence-electron chi connectivity index (χ1n) is 9.19. The Morgan fingerprint density at radius 3 is 2.75 bits per heavy atom. The van der Waals surface area contributed by atoms with Gasteiger partial charge in [0.2, 0.25) is 5.91 Å². The topological polar surface area (TPSA) is 71.0 Å². The lowest BCUT2D eigenvalue weighted by atomic mass is 9.96. The fourth-order valence-electron chi connectivity index (χ4n) is 3.31. The number of amides is 1. The van der Waals surface area contributed by atoms with Crippen LogP contribution in [0.3, 0.4) is 0 Å². The number of rotatable bonds is 5. The highest BCUT2D eigenvalue weighted by Crippen LogP contribution is 2.25. The fourth-order valence-corrected chi connectivity index (χ4v) is 4.15. The van der Waals surface area contributed by atoms with Crippen LogP contribution in [0.2, 0.25) is 0 Å². The Kier molecular flexibility index (Phi) is 5.57. The lowest BCUT2D eigenvalue weighted by Gasteiger charge is -2.31. The van der Waals surface area contributed by atoms with Crippen molar-refractivity contribution in [3.8, 4) is 0 Å². The normalized spacial score (nSPS) is 14.8. The first kappa shape index (κ1) is 18.5. The van der Waals surface area contributed by atoms with E-state index in [1.165, 1.54) is 17.4 Å². The van der Waals surface area contributed by atoms with Gasteiger partial charge in [0.15, 0.2) is 5.13 Å². The van der Waals surface area contributed by atoms with E-state index in [0.29, 0.717) is 17.1 Å². The summed E-state index contributed by atoms with van der Waals surface area (Å²) >= 11 is 1.39. The van der Waals surface area contributed by atoms with E-state index in [-0.39, 0.29) is 17.6 Å². The summed E-state index contributed by atoms with van der Waals surface area (Å²) in [6, 6.07) is 6.70. The largest absolute Gasteiger partial charge is 0.355 e. The van der Waals surface area contributed by atoms with Crippen LogP contribution >= 0.6 is 11.3 Å². The summed E-state index contributed by atoms with van der Waals surface area (Å²) in [6.45, 7) is 1.54. The van der Waals surface area contributed by atoms with Crippen molar-refractivity contribution in [2.45, 2.75) is 19.3 Å². The number of thiazole rings is 1. The molecule has 0 saturated carbocycles. The molecule has 28 heavy (non-hydrogen) atoms. The van der Waals surface area contributed by atoms with Gasteiger partial charge in [-0.15, -0.1) is 11.3 Å². The van der Waals surface area contributed by atoms with Crippen molar-refractivity contribution in [3.05, 3.63) is 65.3 Å². The van der Waals surface area contributed by atoms with E-state index in [2.05, 4.69) is 25.2 Å². The molecule has 6 nitrogen and oxygen atoms in total. The number of hydrogen-bond acceptors (Lipinski definition) is 6. The number of nitrogens with zero attached hydrogens (tertiary/aromatic N) is 4. The summed E-state index contributed by atoms with van der Waals surface area (Å²) in [7, 11) is 0. The highest BCUT2D eigenvalue weighted by atomic mass is 32.1. The minimum absolute atomic E-state index is 0.00872. The van der Waals surface area contributed by atoms with Gasteiger partial charge in [0.25, 0.3) is 0 Å². The SMILES string of the molecule is O=C(Nc1ncc(Cc2ccccc2F)s1)C1CCN(c2cnccn2)CC1. The van der Waals surface area contributed by atoms with Gasteiger partial charge in [-0.05, 0) is 24.5 Å². The molecule has 144 valence electrons. The zero-order chi connectivity index (χ0) is 19.3. The van der Waals surface area contributed by atoms with Crippen LogP contribution in [0, 0.1) is 11.7 Å². The molecule has 1 aliphatic heterocycles. The van der Waals surface area contributed by atoms with Gasteiger partial charge in [0.1, 0.15) is 11.6 Å². The van der Waals surface area contributed by atoms with E-state index < -0.39 is 0 Å². The number of anilines is 2. The molecule has 0 bridgehead atoms. The van der Waals surface area contributed by atoms with Crippen molar-refractivity contribution in [1.29, 1.82) is 0 Å². The van der Waals surface area contributed by atoms with Crippen LogP contribution in [0.15, 0.2) is 49.1 Å². The molecule has 0 spiro atoms. The van der Waals surface area contributed by atoms with Gasteiger partial charge in [0.05, 0.1) is 6.20 Å². The number of carbonyl (C=O) groups excluding carboxylic acids is 1. The molecule has 0 aliphatic carbocycles. The first-order valence-corrected chi connectivity index (χ1v) is 10.0. The molecule has 3 heterocycles. The highest BCUT2D eigenvalue weighted by Gasteiger charge is 2.26. The smallest absolute Gasteiger partial charge is 0.229 e. The molecule has 1 amide bonds. The molecule has 2 aromatic heterocycles. The molecule has 0 radical (unpaired) electrons. The third kappa shape index (κ3) is 4.33. The molecule has 4 rings (SSSR count). The summed E-state index contributed by atoms with van der Waals surface area (Å²) in [5.74, 6) is 0.563. The molecule has 1 aromatic carbocycles. The van der Waals surface area contributed by atoms with Crippen molar-refractivity contribution >= 4 is 28.2 Å². The van der Waals surface area contributed by atoms with Crippen LogP contribution in [0.1, 0.15) is 23.3 Å². The second kappa shape index (κ2) is 8.43. The maximum absolute atomic E-state index is 13.8. The van der Waals surface area contributed by atoms with Crippen molar-refractivity contribution in [3.63, 3.8) is 0 Å². The van der Waals surface area contributed by atoms with Gasteiger partial charge in [0, 0.05) is 48.9 Å². The second-order valence-electron chi connectivity index (χ2n) is 6.71. The number of aromatic nitrogens is 3. The average Bonchev–Trinajstić information content (AvgIpc) is 3.17. The first-order chi connectivity index (χ1) is 13.7. The van der Waals surface area contributed by atoms with Crippen molar-refractivity contribution in [2.75, 3.05) is 23.3 Å². The zero-order valence-electron chi connectivity index (χ0n) is 15.2. The predicted molar refractivity (Wildman–Crippen MR) is 107 cm³/mol. The maximum atomic E-state index is 13.8. The number of halogens is 1. The van der Waals surface area contributed by atoms with E-state index in [4.69, 9.17) is 0 Å². The fraction of sp³-hybridized carbons (Fsp3) is 0.300. The summed E-state index contributed by atoms with van der Waals surface area (Å²) in [6.07, 6.45) is 8.76. The number of benzene rings is 1. The van der Waals surface area contributed by atoms with E-state index >= 15 is 0 Å². The zero-order valence-corrected chi connectivity index (χ0v) is 16.0.